The third kappa shape index (κ3) is 4.20. The Bertz CT molecular complexity index is 443. The van der Waals surface area contributed by atoms with Gasteiger partial charge in [0.2, 0.25) is 0 Å². The number of aliphatic imine (C=N–C) groups is 1. The van der Waals surface area contributed by atoms with E-state index in [0.29, 0.717) is 25.3 Å². The van der Waals surface area contributed by atoms with E-state index in [4.69, 9.17) is 10.5 Å². The lowest BCUT2D eigenvalue weighted by Gasteiger charge is -2.38. The van der Waals surface area contributed by atoms with Crippen LogP contribution in [-0.2, 0) is 14.6 Å². The van der Waals surface area contributed by atoms with Crippen LogP contribution < -0.4 is 11.1 Å². The van der Waals surface area contributed by atoms with Gasteiger partial charge in [-0.15, -0.1) is 24.0 Å². The fourth-order valence-corrected chi connectivity index (χ4v) is 3.86. The van der Waals surface area contributed by atoms with Crippen molar-refractivity contribution in [1.29, 1.82) is 0 Å². The topological polar surface area (TPSA) is 93.8 Å². The Balaban J connectivity index is 0.00000200. The largest absolute Gasteiger partial charge is 0.376 e. The number of nitrogens with one attached hydrogen (secondary N) is 1. The fourth-order valence-electron chi connectivity index (χ4n) is 2.53. The molecule has 1 unspecified atom stereocenters. The second kappa shape index (κ2) is 7.26. The summed E-state index contributed by atoms with van der Waals surface area (Å²) in [4.78, 5) is 4.19. The zero-order chi connectivity index (χ0) is 13.9. The van der Waals surface area contributed by atoms with Gasteiger partial charge in [-0.05, 0) is 25.7 Å². The second-order valence-corrected chi connectivity index (χ2v) is 7.94. The Hall–Kier alpha value is -0.0900. The number of guanidine groups is 1. The maximum Gasteiger partial charge on any atom is 0.188 e. The van der Waals surface area contributed by atoms with Crippen LogP contribution in [0.3, 0.4) is 0 Å². The Morgan fingerprint density at radius 3 is 2.60 bits per heavy atom. The van der Waals surface area contributed by atoms with Gasteiger partial charge in [0.05, 0.1) is 17.4 Å². The molecule has 20 heavy (non-hydrogen) atoms. The van der Waals surface area contributed by atoms with Crippen LogP contribution in [-0.4, -0.2) is 51.2 Å². The molecule has 0 bridgehead atoms. The summed E-state index contributed by atoms with van der Waals surface area (Å²) in [5.41, 5.74) is 5.77. The average molecular weight is 417 g/mol. The van der Waals surface area contributed by atoms with Gasteiger partial charge in [-0.25, -0.2) is 8.42 Å². The van der Waals surface area contributed by atoms with Crippen molar-refractivity contribution >= 4 is 39.8 Å². The van der Waals surface area contributed by atoms with Crippen LogP contribution in [0.2, 0.25) is 0 Å². The molecule has 0 spiro atoms. The third-order valence-electron chi connectivity index (χ3n) is 4.12. The first kappa shape index (κ1) is 18.0. The first-order chi connectivity index (χ1) is 8.93. The summed E-state index contributed by atoms with van der Waals surface area (Å²) in [5, 5.41) is 3.00. The molecule has 1 saturated carbocycles. The van der Waals surface area contributed by atoms with Crippen molar-refractivity contribution < 1.29 is 13.2 Å². The van der Waals surface area contributed by atoms with Crippen LogP contribution in [0.15, 0.2) is 4.99 Å². The van der Waals surface area contributed by atoms with Gasteiger partial charge in [0, 0.05) is 19.4 Å². The SMILES string of the molecule is CS(=O)(=O)C1(CN=C(N)NCC2CCCO2)CCC1.I. The maximum absolute atomic E-state index is 11.8. The van der Waals surface area contributed by atoms with E-state index < -0.39 is 14.6 Å². The highest BCUT2D eigenvalue weighted by molar-refractivity contribution is 14.0. The molecule has 1 aliphatic carbocycles. The minimum Gasteiger partial charge on any atom is -0.376 e. The van der Waals surface area contributed by atoms with E-state index in [0.717, 1.165) is 25.9 Å². The molecule has 3 N–H and O–H groups in total. The van der Waals surface area contributed by atoms with Crippen molar-refractivity contribution in [3.8, 4) is 0 Å². The molecule has 2 rings (SSSR count). The van der Waals surface area contributed by atoms with E-state index in [9.17, 15) is 8.42 Å². The van der Waals surface area contributed by atoms with E-state index in [-0.39, 0.29) is 36.6 Å². The number of hydrogen-bond acceptors (Lipinski definition) is 4. The summed E-state index contributed by atoms with van der Waals surface area (Å²) in [6, 6.07) is 0. The number of nitrogens with zero attached hydrogens (tertiary/aromatic N) is 1. The minimum absolute atomic E-state index is 0. The van der Waals surface area contributed by atoms with Crippen LogP contribution in [0.4, 0.5) is 0 Å². The maximum atomic E-state index is 11.8. The molecule has 0 amide bonds. The quantitative estimate of drug-likeness (QED) is 0.389. The highest BCUT2D eigenvalue weighted by Gasteiger charge is 2.46. The summed E-state index contributed by atoms with van der Waals surface area (Å²) in [6.07, 6.45) is 5.93. The fraction of sp³-hybridized carbons (Fsp3) is 0.917. The Morgan fingerprint density at radius 2 is 2.15 bits per heavy atom. The molecule has 6 nitrogen and oxygen atoms in total. The van der Waals surface area contributed by atoms with Gasteiger partial charge in [-0.1, -0.05) is 6.42 Å². The van der Waals surface area contributed by atoms with Gasteiger partial charge >= 0.3 is 0 Å². The molecular weight excluding hydrogens is 393 g/mol. The number of halogens is 1. The van der Waals surface area contributed by atoms with E-state index in [1.54, 1.807) is 0 Å². The van der Waals surface area contributed by atoms with Crippen LogP contribution in [0.25, 0.3) is 0 Å². The van der Waals surface area contributed by atoms with Gasteiger partial charge in [-0.2, -0.15) is 0 Å². The molecule has 2 aliphatic rings. The number of hydrogen-bond donors (Lipinski definition) is 2. The van der Waals surface area contributed by atoms with Crippen molar-refractivity contribution in [3.05, 3.63) is 0 Å². The highest BCUT2D eigenvalue weighted by Crippen LogP contribution is 2.39. The van der Waals surface area contributed by atoms with Crippen LogP contribution in [0, 0.1) is 0 Å². The van der Waals surface area contributed by atoms with Crippen molar-refractivity contribution in [2.75, 3.05) is 26.0 Å². The summed E-state index contributed by atoms with van der Waals surface area (Å²) in [7, 11) is -3.07. The molecule has 0 aromatic heterocycles. The molecule has 2 fully saturated rings. The first-order valence-electron chi connectivity index (χ1n) is 6.78. The number of sulfone groups is 1. The number of ether oxygens (including phenoxy) is 1. The molecule has 0 aromatic rings. The molecule has 0 aromatic carbocycles. The van der Waals surface area contributed by atoms with Crippen molar-refractivity contribution in [1.82, 2.24) is 5.32 Å². The molecule has 0 radical (unpaired) electrons. The standard InChI is InChI=1S/C12H23N3O3S.HI/c1-19(16,17)12(5-3-6-12)9-15-11(13)14-8-10-4-2-7-18-10;/h10H,2-9H2,1H3,(H3,13,14,15);1H. The van der Waals surface area contributed by atoms with Gasteiger partial charge in [0.1, 0.15) is 0 Å². The molecule has 1 aliphatic heterocycles. The van der Waals surface area contributed by atoms with Crippen molar-refractivity contribution in [3.63, 3.8) is 0 Å². The molecule has 1 atom stereocenters. The van der Waals surface area contributed by atoms with Gasteiger partial charge < -0.3 is 15.8 Å². The predicted octanol–water partition coefficient (Wildman–Crippen LogP) is 0.655. The third-order valence-corrected chi connectivity index (χ3v) is 6.23. The number of nitrogens with two attached hydrogens (primary N) is 1. The molecular formula is C12H24IN3O3S. The first-order valence-corrected chi connectivity index (χ1v) is 8.67. The van der Waals surface area contributed by atoms with Gasteiger partial charge in [-0.3, -0.25) is 4.99 Å². The lowest BCUT2D eigenvalue weighted by Crippen LogP contribution is -2.48. The predicted molar refractivity (Wildman–Crippen MR) is 90.3 cm³/mol. The Labute approximate surface area is 137 Å². The highest BCUT2D eigenvalue weighted by atomic mass is 127. The van der Waals surface area contributed by atoms with E-state index >= 15 is 0 Å². The smallest absolute Gasteiger partial charge is 0.188 e. The van der Waals surface area contributed by atoms with E-state index in [2.05, 4.69) is 10.3 Å². The van der Waals surface area contributed by atoms with Crippen molar-refractivity contribution in [2.45, 2.75) is 43.0 Å². The monoisotopic (exact) mass is 417 g/mol. The molecule has 1 heterocycles. The lowest BCUT2D eigenvalue weighted by molar-refractivity contribution is 0.114. The summed E-state index contributed by atoms with van der Waals surface area (Å²) in [6.45, 7) is 1.71. The summed E-state index contributed by atoms with van der Waals surface area (Å²) in [5.74, 6) is 0.311. The summed E-state index contributed by atoms with van der Waals surface area (Å²) >= 11 is 0. The molecule has 118 valence electrons. The molecule has 8 heteroatoms. The second-order valence-electron chi connectivity index (χ2n) is 5.53. The van der Waals surface area contributed by atoms with E-state index in [1.807, 2.05) is 0 Å². The Kier molecular flexibility index (Phi) is 6.52. The van der Waals surface area contributed by atoms with Crippen molar-refractivity contribution in [2.24, 2.45) is 10.7 Å². The van der Waals surface area contributed by atoms with Crippen LogP contribution in [0.5, 0.6) is 0 Å². The number of rotatable bonds is 5. The van der Waals surface area contributed by atoms with Gasteiger partial charge in [0.15, 0.2) is 15.8 Å². The zero-order valence-corrected chi connectivity index (χ0v) is 14.9. The molecule has 1 saturated heterocycles. The van der Waals surface area contributed by atoms with Crippen LogP contribution >= 0.6 is 24.0 Å². The van der Waals surface area contributed by atoms with Gasteiger partial charge in [0.25, 0.3) is 0 Å². The minimum atomic E-state index is -3.07. The average Bonchev–Trinajstić information content (AvgIpc) is 2.75. The van der Waals surface area contributed by atoms with E-state index in [1.165, 1.54) is 6.26 Å². The Morgan fingerprint density at radius 1 is 1.45 bits per heavy atom. The zero-order valence-electron chi connectivity index (χ0n) is 11.8. The summed E-state index contributed by atoms with van der Waals surface area (Å²) < 4.78 is 28.3. The lowest BCUT2D eigenvalue weighted by atomic mass is 9.84. The normalized spacial score (nSPS) is 25.6. The van der Waals surface area contributed by atoms with Crippen LogP contribution in [0.1, 0.15) is 32.1 Å².